The Morgan fingerprint density at radius 2 is 1.96 bits per heavy atom. The van der Waals surface area contributed by atoms with E-state index in [0.717, 1.165) is 43.8 Å². The highest BCUT2D eigenvalue weighted by Gasteiger charge is 2.16. The molecule has 3 rings (SSSR count). The molecular formula is C18H20N2O5. The molecule has 1 aliphatic heterocycles. The Labute approximate surface area is 145 Å². The quantitative estimate of drug-likeness (QED) is 0.830. The average molecular weight is 344 g/mol. The van der Waals surface area contributed by atoms with Gasteiger partial charge in [0, 0.05) is 31.4 Å². The number of carbonyl (C=O) groups is 2. The van der Waals surface area contributed by atoms with E-state index >= 15 is 0 Å². The van der Waals surface area contributed by atoms with Gasteiger partial charge in [0.25, 0.3) is 5.91 Å². The van der Waals surface area contributed by atoms with Crippen LogP contribution in [0.3, 0.4) is 0 Å². The fourth-order valence-electron chi connectivity index (χ4n) is 2.80. The molecule has 0 unspecified atom stereocenters. The SMILES string of the molecule is O=C(O)c1coc(C(=O)NCCc2ccccc2N2CCOCC2)c1. The number of rotatable bonds is 6. The summed E-state index contributed by atoms with van der Waals surface area (Å²) in [6.45, 7) is 3.58. The number of benzene rings is 1. The second-order valence-corrected chi connectivity index (χ2v) is 5.74. The first-order chi connectivity index (χ1) is 12.1. The van der Waals surface area contributed by atoms with Gasteiger partial charge < -0.3 is 24.5 Å². The van der Waals surface area contributed by atoms with Crippen LogP contribution in [0.5, 0.6) is 0 Å². The summed E-state index contributed by atoms with van der Waals surface area (Å²) in [4.78, 5) is 25.1. The molecule has 0 atom stereocenters. The van der Waals surface area contributed by atoms with Gasteiger partial charge in [-0.3, -0.25) is 4.79 Å². The van der Waals surface area contributed by atoms with Crippen LogP contribution in [-0.4, -0.2) is 49.8 Å². The Kier molecular flexibility index (Phi) is 5.35. The van der Waals surface area contributed by atoms with Crippen LogP contribution in [0.4, 0.5) is 5.69 Å². The van der Waals surface area contributed by atoms with E-state index in [1.807, 2.05) is 18.2 Å². The Morgan fingerprint density at radius 3 is 2.68 bits per heavy atom. The number of nitrogens with zero attached hydrogens (tertiary/aromatic N) is 1. The number of para-hydroxylation sites is 1. The van der Waals surface area contributed by atoms with Crippen LogP contribution < -0.4 is 10.2 Å². The summed E-state index contributed by atoms with van der Waals surface area (Å²) in [5.41, 5.74) is 2.27. The van der Waals surface area contributed by atoms with Crippen molar-refractivity contribution in [1.82, 2.24) is 5.32 Å². The number of morpholine rings is 1. The molecule has 25 heavy (non-hydrogen) atoms. The Morgan fingerprint density at radius 1 is 1.20 bits per heavy atom. The molecule has 7 heteroatoms. The minimum Gasteiger partial charge on any atom is -0.478 e. The zero-order chi connectivity index (χ0) is 17.6. The molecule has 0 bridgehead atoms. The molecule has 0 spiro atoms. The Bertz CT molecular complexity index is 749. The van der Waals surface area contributed by atoms with Gasteiger partial charge in [-0.1, -0.05) is 18.2 Å². The fourth-order valence-corrected chi connectivity index (χ4v) is 2.80. The molecule has 1 amide bonds. The third-order valence-corrected chi connectivity index (χ3v) is 4.09. The van der Waals surface area contributed by atoms with Crippen LogP contribution in [0.2, 0.25) is 0 Å². The van der Waals surface area contributed by atoms with Crippen molar-refractivity contribution < 1.29 is 23.8 Å². The number of carboxylic acid groups (broad SMARTS) is 1. The van der Waals surface area contributed by atoms with E-state index in [1.54, 1.807) is 0 Å². The van der Waals surface area contributed by atoms with Crippen molar-refractivity contribution in [3.63, 3.8) is 0 Å². The zero-order valence-electron chi connectivity index (χ0n) is 13.7. The van der Waals surface area contributed by atoms with E-state index in [-0.39, 0.29) is 11.3 Å². The van der Waals surface area contributed by atoms with Crippen LogP contribution >= 0.6 is 0 Å². The van der Waals surface area contributed by atoms with Gasteiger partial charge in [0.05, 0.1) is 18.8 Å². The molecule has 1 saturated heterocycles. The predicted molar refractivity (Wildman–Crippen MR) is 91.2 cm³/mol. The number of aromatic carboxylic acids is 1. The average Bonchev–Trinajstić information content (AvgIpc) is 3.13. The first kappa shape index (κ1) is 17.0. The lowest BCUT2D eigenvalue weighted by atomic mass is 10.1. The number of anilines is 1. The summed E-state index contributed by atoms with van der Waals surface area (Å²) in [7, 11) is 0. The molecule has 1 aliphatic rings. The summed E-state index contributed by atoms with van der Waals surface area (Å²) in [5, 5.41) is 11.6. The predicted octanol–water partition coefficient (Wildman–Crippen LogP) is 1.79. The lowest BCUT2D eigenvalue weighted by molar-refractivity contribution is 0.0695. The van der Waals surface area contributed by atoms with Gasteiger partial charge >= 0.3 is 5.97 Å². The maximum Gasteiger partial charge on any atom is 0.338 e. The summed E-state index contributed by atoms with van der Waals surface area (Å²) in [6.07, 6.45) is 1.73. The standard InChI is InChI=1S/C18H20N2O5/c21-17(16-11-14(12-25-16)18(22)23)19-6-5-13-3-1-2-4-15(13)20-7-9-24-10-8-20/h1-4,11-12H,5-10H2,(H,19,21)(H,22,23). The number of carboxylic acids is 1. The first-order valence-electron chi connectivity index (χ1n) is 8.16. The van der Waals surface area contributed by atoms with E-state index < -0.39 is 11.9 Å². The highest BCUT2D eigenvalue weighted by molar-refractivity contribution is 5.95. The second kappa shape index (κ2) is 7.85. The molecular weight excluding hydrogens is 324 g/mol. The largest absolute Gasteiger partial charge is 0.478 e. The molecule has 0 saturated carbocycles. The van der Waals surface area contributed by atoms with Crippen LogP contribution in [0.25, 0.3) is 0 Å². The Balaban J connectivity index is 1.58. The lowest BCUT2D eigenvalue weighted by Gasteiger charge is -2.30. The highest BCUT2D eigenvalue weighted by atomic mass is 16.5. The van der Waals surface area contributed by atoms with Gasteiger partial charge in [-0.25, -0.2) is 4.79 Å². The number of furan rings is 1. The van der Waals surface area contributed by atoms with Crippen LogP contribution in [0.1, 0.15) is 26.5 Å². The topological polar surface area (TPSA) is 92.0 Å². The van der Waals surface area contributed by atoms with Gasteiger partial charge in [-0.2, -0.15) is 0 Å². The fraction of sp³-hybridized carbons (Fsp3) is 0.333. The van der Waals surface area contributed by atoms with Gasteiger partial charge in [0.15, 0.2) is 5.76 Å². The normalized spacial score (nSPS) is 14.3. The van der Waals surface area contributed by atoms with Crippen molar-refractivity contribution in [2.45, 2.75) is 6.42 Å². The summed E-state index contributed by atoms with van der Waals surface area (Å²) < 4.78 is 10.4. The number of hydrogen-bond donors (Lipinski definition) is 2. The van der Waals surface area contributed by atoms with Crippen molar-refractivity contribution in [3.05, 3.63) is 53.5 Å². The number of amides is 1. The molecule has 2 aromatic rings. The van der Waals surface area contributed by atoms with E-state index in [4.69, 9.17) is 14.3 Å². The smallest absolute Gasteiger partial charge is 0.338 e. The summed E-state index contributed by atoms with van der Waals surface area (Å²) in [6, 6.07) is 9.33. The third kappa shape index (κ3) is 4.19. The van der Waals surface area contributed by atoms with Gasteiger partial charge in [0.2, 0.25) is 0 Å². The lowest BCUT2D eigenvalue weighted by Crippen LogP contribution is -2.37. The van der Waals surface area contributed by atoms with Crippen molar-refractivity contribution in [3.8, 4) is 0 Å². The minimum absolute atomic E-state index is 0.00105. The maximum absolute atomic E-state index is 12.0. The van der Waals surface area contributed by atoms with Crippen molar-refractivity contribution >= 4 is 17.6 Å². The van der Waals surface area contributed by atoms with Gasteiger partial charge in [-0.05, 0) is 18.1 Å². The molecule has 2 N–H and O–H groups in total. The molecule has 7 nitrogen and oxygen atoms in total. The number of ether oxygens (including phenoxy) is 1. The number of nitrogens with one attached hydrogen (secondary N) is 1. The van der Waals surface area contributed by atoms with E-state index in [2.05, 4.69) is 16.3 Å². The zero-order valence-corrected chi connectivity index (χ0v) is 13.7. The molecule has 1 aromatic heterocycles. The number of carbonyl (C=O) groups excluding carboxylic acids is 1. The minimum atomic E-state index is -1.12. The molecule has 0 aliphatic carbocycles. The van der Waals surface area contributed by atoms with Gasteiger partial charge in [-0.15, -0.1) is 0 Å². The highest BCUT2D eigenvalue weighted by Crippen LogP contribution is 2.21. The van der Waals surface area contributed by atoms with Gasteiger partial charge in [0.1, 0.15) is 6.26 Å². The van der Waals surface area contributed by atoms with Crippen LogP contribution in [-0.2, 0) is 11.2 Å². The van der Waals surface area contributed by atoms with Crippen LogP contribution in [0, 0.1) is 0 Å². The van der Waals surface area contributed by atoms with E-state index in [1.165, 1.54) is 6.07 Å². The van der Waals surface area contributed by atoms with Crippen LogP contribution in [0.15, 0.2) is 41.0 Å². The number of hydrogen-bond acceptors (Lipinski definition) is 5. The summed E-state index contributed by atoms with van der Waals surface area (Å²) >= 11 is 0. The van der Waals surface area contributed by atoms with E-state index in [9.17, 15) is 9.59 Å². The maximum atomic E-state index is 12.0. The van der Waals surface area contributed by atoms with E-state index in [0.29, 0.717) is 13.0 Å². The molecule has 1 fully saturated rings. The first-order valence-corrected chi connectivity index (χ1v) is 8.16. The molecule has 132 valence electrons. The molecule has 1 aromatic carbocycles. The monoisotopic (exact) mass is 344 g/mol. The molecule has 2 heterocycles. The van der Waals surface area contributed by atoms with Crippen molar-refractivity contribution in [1.29, 1.82) is 0 Å². The third-order valence-electron chi connectivity index (χ3n) is 4.09. The Hall–Kier alpha value is -2.80. The second-order valence-electron chi connectivity index (χ2n) is 5.74. The van der Waals surface area contributed by atoms with Crippen molar-refractivity contribution in [2.24, 2.45) is 0 Å². The van der Waals surface area contributed by atoms with Crippen molar-refractivity contribution in [2.75, 3.05) is 37.7 Å². The summed E-state index contributed by atoms with van der Waals surface area (Å²) in [5.74, 6) is -1.54. The molecule has 0 radical (unpaired) electrons.